The van der Waals surface area contributed by atoms with Crippen molar-refractivity contribution in [1.29, 1.82) is 0 Å². The van der Waals surface area contributed by atoms with Gasteiger partial charge in [0.05, 0.1) is 18.6 Å². The smallest absolute Gasteiger partial charge is 0.171 e. The van der Waals surface area contributed by atoms with Crippen LogP contribution < -0.4 is 0 Å². The predicted molar refractivity (Wildman–Crippen MR) is 119 cm³/mol. The van der Waals surface area contributed by atoms with E-state index in [1.54, 1.807) is 0 Å². The van der Waals surface area contributed by atoms with Gasteiger partial charge in [0.1, 0.15) is 0 Å². The third-order valence-corrected chi connectivity index (χ3v) is 5.58. The molecule has 0 heterocycles. The molecular formula is C26H34O4. The predicted octanol–water partition coefficient (Wildman–Crippen LogP) is 6.31. The summed E-state index contributed by atoms with van der Waals surface area (Å²) in [5.74, 6) is 0.0860. The van der Waals surface area contributed by atoms with Crippen molar-refractivity contribution in [3.8, 4) is 0 Å². The van der Waals surface area contributed by atoms with Crippen LogP contribution in [0.1, 0.15) is 74.1 Å². The first kappa shape index (κ1) is 24.0. The van der Waals surface area contributed by atoms with Gasteiger partial charge >= 0.3 is 0 Å². The summed E-state index contributed by atoms with van der Waals surface area (Å²) >= 11 is 0. The van der Waals surface area contributed by atoms with E-state index in [1.165, 1.54) is 0 Å². The highest BCUT2D eigenvalue weighted by Crippen LogP contribution is 2.36. The molecule has 4 nitrogen and oxygen atoms in total. The summed E-state index contributed by atoms with van der Waals surface area (Å²) in [6.07, 6.45) is 3.00. The van der Waals surface area contributed by atoms with Gasteiger partial charge in [-0.25, -0.2) is 9.78 Å². The number of benzene rings is 2. The maximum Gasteiger partial charge on any atom is 0.171 e. The van der Waals surface area contributed by atoms with Gasteiger partial charge in [0.2, 0.25) is 0 Å². The molecule has 0 radical (unpaired) electrons. The number of Topliss-reactive ketones (excluding diaryl/α,β-unsaturated/α-hetero) is 2. The van der Waals surface area contributed by atoms with Gasteiger partial charge in [0.25, 0.3) is 0 Å². The van der Waals surface area contributed by atoms with E-state index in [0.717, 1.165) is 12.8 Å². The second kappa shape index (κ2) is 11.2. The Morgan fingerprint density at radius 3 is 1.83 bits per heavy atom. The highest BCUT2D eigenvalue weighted by atomic mass is 17.2. The normalized spacial score (nSPS) is 13.6. The fourth-order valence-corrected chi connectivity index (χ4v) is 3.31. The van der Waals surface area contributed by atoms with E-state index in [4.69, 9.17) is 9.78 Å². The Labute approximate surface area is 180 Å². The minimum atomic E-state index is -0.790. The lowest BCUT2D eigenvalue weighted by Crippen LogP contribution is -2.36. The monoisotopic (exact) mass is 410 g/mol. The van der Waals surface area contributed by atoms with E-state index >= 15 is 0 Å². The van der Waals surface area contributed by atoms with Crippen molar-refractivity contribution in [2.24, 2.45) is 10.8 Å². The molecule has 2 aromatic carbocycles. The summed E-state index contributed by atoms with van der Waals surface area (Å²) in [4.78, 5) is 37.1. The molecule has 2 aromatic rings. The highest BCUT2D eigenvalue weighted by molar-refractivity contribution is 6.01. The molecule has 0 aliphatic rings. The molecule has 2 rings (SSSR count). The lowest BCUT2D eigenvalue weighted by Gasteiger charge is -2.32. The second-order valence-corrected chi connectivity index (χ2v) is 8.77. The summed E-state index contributed by atoms with van der Waals surface area (Å²) in [5.41, 5.74) is -0.0492. The van der Waals surface area contributed by atoms with Crippen LogP contribution >= 0.6 is 0 Å². The second-order valence-electron chi connectivity index (χ2n) is 8.77. The first-order valence-corrected chi connectivity index (χ1v) is 10.7. The van der Waals surface area contributed by atoms with Crippen molar-refractivity contribution in [3.63, 3.8) is 0 Å². The Morgan fingerprint density at radius 2 is 1.30 bits per heavy atom. The summed E-state index contributed by atoms with van der Waals surface area (Å²) in [7, 11) is 0. The van der Waals surface area contributed by atoms with Crippen LogP contribution in [0.5, 0.6) is 0 Å². The molecule has 0 saturated carbocycles. The van der Waals surface area contributed by atoms with E-state index in [9.17, 15) is 9.59 Å². The van der Waals surface area contributed by atoms with Gasteiger partial charge in [-0.1, -0.05) is 87.9 Å². The van der Waals surface area contributed by atoms with E-state index in [-0.39, 0.29) is 18.2 Å². The van der Waals surface area contributed by atoms with Gasteiger partial charge in [0, 0.05) is 16.5 Å². The fraction of sp³-hybridized carbons (Fsp3) is 0.462. The van der Waals surface area contributed by atoms with E-state index < -0.39 is 10.8 Å². The van der Waals surface area contributed by atoms with Gasteiger partial charge in [-0.05, 0) is 26.2 Å². The molecule has 30 heavy (non-hydrogen) atoms. The Morgan fingerprint density at radius 1 is 0.767 bits per heavy atom. The average Bonchev–Trinajstić information content (AvgIpc) is 2.78. The van der Waals surface area contributed by atoms with Crippen molar-refractivity contribution >= 4 is 11.6 Å². The maximum absolute atomic E-state index is 13.3. The number of rotatable bonds is 13. The van der Waals surface area contributed by atoms with Gasteiger partial charge in [0.15, 0.2) is 11.6 Å². The van der Waals surface area contributed by atoms with E-state index in [1.807, 2.05) is 81.4 Å². The Balaban J connectivity index is 2.13. The highest BCUT2D eigenvalue weighted by Gasteiger charge is 2.38. The SMILES string of the molecule is CCCCOOCC(C)(CCC(C)(C)C(=O)c1ccccc1)C(=O)c1ccccc1. The average molecular weight is 411 g/mol. The van der Waals surface area contributed by atoms with Gasteiger partial charge in [-0.15, -0.1) is 0 Å². The first-order chi connectivity index (χ1) is 14.3. The quantitative estimate of drug-likeness (QED) is 0.168. The minimum absolute atomic E-state index is 0.00477. The number of carbonyl (C=O) groups is 2. The van der Waals surface area contributed by atoms with Gasteiger partial charge in [-0.2, -0.15) is 0 Å². The zero-order valence-corrected chi connectivity index (χ0v) is 18.6. The molecule has 0 fully saturated rings. The number of hydrogen-bond donors (Lipinski definition) is 0. The summed E-state index contributed by atoms with van der Waals surface area (Å²) < 4.78 is 0. The molecule has 0 N–H and O–H groups in total. The molecule has 0 bridgehead atoms. The largest absolute Gasteiger partial charge is 0.294 e. The van der Waals surface area contributed by atoms with Crippen LogP contribution in [-0.4, -0.2) is 24.8 Å². The number of carbonyl (C=O) groups excluding carboxylic acids is 2. The van der Waals surface area contributed by atoms with E-state index in [0.29, 0.717) is 30.6 Å². The molecule has 162 valence electrons. The van der Waals surface area contributed by atoms with Crippen LogP contribution in [-0.2, 0) is 9.78 Å². The van der Waals surface area contributed by atoms with Crippen molar-refractivity contribution in [2.45, 2.75) is 53.4 Å². The lowest BCUT2D eigenvalue weighted by atomic mass is 9.72. The van der Waals surface area contributed by atoms with Crippen molar-refractivity contribution in [2.75, 3.05) is 13.2 Å². The number of unbranched alkanes of at least 4 members (excludes halogenated alkanes) is 1. The third-order valence-electron chi connectivity index (χ3n) is 5.58. The summed E-state index contributed by atoms with van der Waals surface area (Å²) in [5, 5.41) is 0. The Kier molecular flexibility index (Phi) is 8.94. The molecule has 0 saturated heterocycles. The van der Waals surface area contributed by atoms with Crippen molar-refractivity contribution < 1.29 is 19.4 Å². The first-order valence-electron chi connectivity index (χ1n) is 10.7. The van der Waals surface area contributed by atoms with Crippen molar-refractivity contribution in [1.82, 2.24) is 0 Å². The van der Waals surface area contributed by atoms with Crippen molar-refractivity contribution in [3.05, 3.63) is 71.8 Å². The molecule has 0 amide bonds. The molecule has 0 spiro atoms. The van der Waals surface area contributed by atoms with Crippen LogP contribution in [0.2, 0.25) is 0 Å². The molecule has 0 aromatic heterocycles. The van der Waals surface area contributed by atoms with Crippen LogP contribution in [0.4, 0.5) is 0 Å². The fourth-order valence-electron chi connectivity index (χ4n) is 3.31. The molecule has 0 aliphatic heterocycles. The summed E-state index contributed by atoms with van der Waals surface area (Å²) in [6.45, 7) is 8.51. The third kappa shape index (κ3) is 6.61. The van der Waals surface area contributed by atoms with Crippen LogP contribution in [0.25, 0.3) is 0 Å². The molecule has 4 heteroatoms. The van der Waals surface area contributed by atoms with Crippen LogP contribution in [0, 0.1) is 10.8 Å². The number of ketones is 2. The van der Waals surface area contributed by atoms with Gasteiger partial charge < -0.3 is 0 Å². The van der Waals surface area contributed by atoms with Crippen LogP contribution in [0.3, 0.4) is 0 Å². The van der Waals surface area contributed by atoms with E-state index in [2.05, 4.69) is 6.92 Å². The molecule has 1 unspecified atom stereocenters. The molecular weight excluding hydrogens is 376 g/mol. The topological polar surface area (TPSA) is 52.6 Å². The zero-order valence-electron chi connectivity index (χ0n) is 18.6. The zero-order chi connectivity index (χ0) is 22.0. The molecule has 1 atom stereocenters. The Hall–Kier alpha value is -2.30. The standard InChI is InChI=1S/C26H34O4/c1-5-6-19-29-30-20-26(4,24(28)22-15-11-8-12-16-22)18-17-25(2,3)23(27)21-13-9-7-10-14-21/h7-16H,5-6,17-20H2,1-4H3. The summed E-state index contributed by atoms with van der Waals surface area (Å²) in [6, 6.07) is 18.5. The van der Waals surface area contributed by atoms with Crippen LogP contribution in [0.15, 0.2) is 60.7 Å². The minimum Gasteiger partial charge on any atom is -0.294 e. The number of hydrogen-bond acceptors (Lipinski definition) is 4. The maximum atomic E-state index is 13.3. The molecule has 0 aliphatic carbocycles. The van der Waals surface area contributed by atoms with Gasteiger partial charge in [-0.3, -0.25) is 9.59 Å². The lowest BCUT2D eigenvalue weighted by molar-refractivity contribution is -0.306. The Bertz CT molecular complexity index is 798.